The van der Waals surface area contributed by atoms with Crippen LogP contribution in [0.15, 0.2) is 0 Å². The van der Waals surface area contributed by atoms with Gasteiger partial charge in [0.1, 0.15) is 5.78 Å². The van der Waals surface area contributed by atoms with Crippen molar-refractivity contribution in [2.24, 2.45) is 5.92 Å². The zero-order chi connectivity index (χ0) is 18.8. The quantitative estimate of drug-likeness (QED) is 0.430. The third-order valence-electron chi connectivity index (χ3n) is 3.86. The topological polar surface area (TPSA) is 76.1 Å². The first-order valence-corrected chi connectivity index (χ1v) is 10.0. The summed E-state index contributed by atoms with van der Waals surface area (Å²) in [5.41, 5.74) is 0. The van der Waals surface area contributed by atoms with Crippen molar-refractivity contribution in [2.45, 2.75) is 40.2 Å². The molecular formula is C16H34N2O5S. The van der Waals surface area contributed by atoms with E-state index >= 15 is 0 Å². The summed E-state index contributed by atoms with van der Waals surface area (Å²) in [6, 6.07) is 0.396. The molecule has 0 aromatic rings. The lowest BCUT2D eigenvalue weighted by Crippen LogP contribution is -2.34. The molecule has 0 bridgehead atoms. The van der Waals surface area contributed by atoms with Gasteiger partial charge in [0.25, 0.3) is 0 Å². The standard InChI is InChI=1S/C16H34N2O5S/c1-14(2)16(19)7-10-22-12-9-18(6)24(20,21)13-23-11-8-17(5)15(3)4/h14-15H,7-13H2,1-6H3. The largest absolute Gasteiger partial charge is 0.380 e. The Bertz CT molecular complexity index is 451. The molecule has 0 radical (unpaired) electrons. The molecule has 0 spiro atoms. The van der Waals surface area contributed by atoms with E-state index in [-0.39, 0.29) is 30.8 Å². The summed E-state index contributed by atoms with van der Waals surface area (Å²) in [6.07, 6.45) is 0.362. The van der Waals surface area contributed by atoms with Crippen molar-refractivity contribution in [1.82, 2.24) is 9.21 Å². The zero-order valence-electron chi connectivity index (χ0n) is 15.9. The fourth-order valence-electron chi connectivity index (χ4n) is 1.62. The van der Waals surface area contributed by atoms with Crippen LogP contribution >= 0.6 is 0 Å². The number of hydrogen-bond donors (Lipinski definition) is 0. The van der Waals surface area contributed by atoms with Gasteiger partial charge < -0.3 is 14.4 Å². The molecule has 0 aliphatic rings. The van der Waals surface area contributed by atoms with Crippen LogP contribution in [0.25, 0.3) is 0 Å². The molecule has 0 atom stereocenters. The maximum Gasteiger partial charge on any atom is 0.238 e. The Kier molecular flexibility index (Phi) is 11.6. The molecule has 0 unspecified atom stereocenters. The van der Waals surface area contributed by atoms with Crippen LogP contribution in [0.1, 0.15) is 34.1 Å². The molecule has 0 saturated carbocycles. The zero-order valence-corrected chi connectivity index (χ0v) is 16.8. The van der Waals surface area contributed by atoms with Crippen molar-refractivity contribution < 1.29 is 22.7 Å². The summed E-state index contributed by atoms with van der Waals surface area (Å²) >= 11 is 0. The summed E-state index contributed by atoms with van der Waals surface area (Å²) in [7, 11) is 0.0201. The van der Waals surface area contributed by atoms with E-state index in [1.165, 1.54) is 11.4 Å². The maximum absolute atomic E-state index is 12.0. The van der Waals surface area contributed by atoms with Gasteiger partial charge in [-0.1, -0.05) is 13.8 Å². The Labute approximate surface area is 147 Å². The molecule has 0 aliphatic carbocycles. The van der Waals surface area contributed by atoms with Crippen LogP contribution in [-0.4, -0.2) is 82.4 Å². The maximum atomic E-state index is 12.0. The molecule has 0 fully saturated rings. The minimum absolute atomic E-state index is 0.00328. The number of carbonyl (C=O) groups excluding carboxylic acids is 1. The summed E-state index contributed by atoms with van der Waals surface area (Å²) in [5.74, 6) is -0.180. The average molecular weight is 367 g/mol. The highest BCUT2D eigenvalue weighted by Gasteiger charge is 2.18. The Morgan fingerprint density at radius 1 is 0.958 bits per heavy atom. The number of ketones is 1. The monoisotopic (exact) mass is 366 g/mol. The molecule has 0 heterocycles. The molecule has 144 valence electrons. The number of nitrogens with zero attached hydrogens (tertiary/aromatic N) is 2. The van der Waals surface area contributed by atoms with Crippen molar-refractivity contribution in [3.63, 3.8) is 0 Å². The second-order valence-corrected chi connectivity index (χ2v) is 8.54. The van der Waals surface area contributed by atoms with Crippen LogP contribution in [0.5, 0.6) is 0 Å². The van der Waals surface area contributed by atoms with Crippen molar-refractivity contribution in [2.75, 3.05) is 52.9 Å². The number of ether oxygens (including phenoxy) is 2. The number of hydrogen-bond acceptors (Lipinski definition) is 6. The van der Waals surface area contributed by atoms with Gasteiger partial charge >= 0.3 is 0 Å². The molecular weight excluding hydrogens is 332 g/mol. The molecule has 0 aliphatic heterocycles. The van der Waals surface area contributed by atoms with Crippen molar-refractivity contribution in [1.29, 1.82) is 0 Å². The number of likely N-dealkylation sites (N-methyl/N-ethyl adjacent to an activating group) is 2. The summed E-state index contributed by atoms with van der Waals surface area (Å²) in [5, 5.41) is 0. The molecule has 0 rings (SSSR count). The second kappa shape index (κ2) is 11.9. The SMILES string of the molecule is CC(C)C(=O)CCOCCN(C)S(=O)(=O)COCCN(C)C(C)C. The van der Waals surface area contributed by atoms with E-state index in [1.807, 2.05) is 20.9 Å². The fraction of sp³-hybridized carbons (Fsp3) is 0.938. The molecule has 0 saturated heterocycles. The Hall–Kier alpha value is -0.540. The van der Waals surface area contributed by atoms with Gasteiger partial charge in [-0.3, -0.25) is 4.79 Å². The van der Waals surface area contributed by atoms with E-state index in [2.05, 4.69) is 18.7 Å². The Morgan fingerprint density at radius 3 is 2.08 bits per heavy atom. The van der Waals surface area contributed by atoms with E-state index in [1.54, 1.807) is 0 Å². The number of carbonyl (C=O) groups is 1. The van der Waals surface area contributed by atoms with Crippen molar-refractivity contribution in [3.8, 4) is 0 Å². The predicted octanol–water partition coefficient (Wildman–Crippen LogP) is 1.19. The van der Waals surface area contributed by atoms with E-state index in [4.69, 9.17) is 9.47 Å². The van der Waals surface area contributed by atoms with E-state index in [9.17, 15) is 13.2 Å². The lowest BCUT2D eigenvalue weighted by molar-refractivity contribution is -0.122. The molecule has 0 N–H and O–H groups in total. The van der Waals surface area contributed by atoms with Gasteiger partial charge in [0.2, 0.25) is 10.0 Å². The van der Waals surface area contributed by atoms with E-state index < -0.39 is 10.0 Å². The van der Waals surface area contributed by atoms with Crippen LogP contribution in [0, 0.1) is 5.92 Å². The minimum Gasteiger partial charge on any atom is -0.380 e. The summed E-state index contributed by atoms with van der Waals surface area (Å²) < 4.78 is 35.9. The molecule has 24 heavy (non-hydrogen) atoms. The van der Waals surface area contributed by atoms with Crippen LogP contribution in [0.4, 0.5) is 0 Å². The van der Waals surface area contributed by atoms with Gasteiger partial charge in [0.15, 0.2) is 5.94 Å². The smallest absolute Gasteiger partial charge is 0.238 e. The van der Waals surface area contributed by atoms with Crippen LogP contribution in [0.2, 0.25) is 0 Å². The minimum atomic E-state index is -3.45. The molecule has 8 heteroatoms. The number of Topliss-reactive ketones (excluding diaryl/α,β-unsaturated/α-hetero) is 1. The lowest BCUT2D eigenvalue weighted by atomic mass is 10.1. The normalized spacial score (nSPS) is 12.8. The highest BCUT2D eigenvalue weighted by Crippen LogP contribution is 2.01. The van der Waals surface area contributed by atoms with E-state index in [0.29, 0.717) is 32.2 Å². The first-order chi connectivity index (χ1) is 11.1. The van der Waals surface area contributed by atoms with Crippen LogP contribution in [0.3, 0.4) is 0 Å². The first-order valence-electron chi connectivity index (χ1n) is 8.40. The van der Waals surface area contributed by atoms with Gasteiger partial charge in [0, 0.05) is 38.5 Å². The van der Waals surface area contributed by atoms with Gasteiger partial charge in [-0.05, 0) is 20.9 Å². The average Bonchev–Trinajstić information content (AvgIpc) is 2.50. The fourth-order valence-corrected chi connectivity index (χ4v) is 2.48. The van der Waals surface area contributed by atoms with Gasteiger partial charge in [-0.15, -0.1) is 0 Å². The highest BCUT2D eigenvalue weighted by molar-refractivity contribution is 7.88. The van der Waals surface area contributed by atoms with Crippen LogP contribution < -0.4 is 0 Å². The Balaban J connectivity index is 3.91. The third-order valence-corrected chi connectivity index (χ3v) is 5.46. The Morgan fingerprint density at radius 2 is 1.54 bits per heavy atom. The lowest BCUT2D eigenvalue weighted by Gasteiger charge is -2.21. The molecule has 7 nitrogen and oxygen atoms in total. The van der Waals surface area contributed by atoms with Crippen molar-refractivity contribution in [3.05, 3.63) is 0 Å². The molecule has 0 aromatic carbocycles. The van der Waals surface area contributed by atoms with Crippen molar-refractivity contribution >= 4 is 15.8 Å². The second-order valence-electron chi connectivity index (χ2n) is 6.52. The number of sulfonamides is 1. The predicted molar refractivity (Wildman–Crippen MR) is 95.4 cm³/mol. The van der Waals surface area contributed by atoms with Crippen LogP contribution in [-0.2, 0) is 24.3 Å². The third kappa shape index (κ3) is 10.4. The molecule has 0 amide bonds. The van der Waals surface area contributed by atoms with Gasteiger partial charge in [0.05, 0.1) is 19.8 Å². The van der Waals surface area contributed by atoms with Gasteiger partial charge in [-0.2, -0.15) is 0 Å². The summed E-state index contributed by atoms with van der Waals surface area (Å²) in [4.78, 5) is 13.5. The van der Waals surface area contributed by atoms with E-state index in [0.717, 1.165) is 0 Å². The first kappa shape index (κ1) is 23.5. The summed E-state index contributed by atoms with van der Waals surface area (Å²) in [6.45, 7) is 9.72. The molecule has 0 aromatic heterocycles. The van der Waals surface area contributed by atoms with Gasteiger partial charge in [-0.25, -0.2) is 12.7 Å². The highest BCUT2D eigenvalue weighted by atomic mass is 32.2. The number of rotatable bonds is 14.